The van der Waals surface area contributed by atoms with Crippen LogP contribution >= 0.6 is 0 Å². The average Bonchev–Trinajstić information content (AvgIpc) is 2.99. The first kappa shape index (κ1) is 12.8. The lowest BCUT2D eigenvalue weighted by atomic mass is 10.1. The molecule has 1 atom stereocenters. The highest BCUT2D eigenvalue weighted by atomic mass is 16.5. The van der Waals surface area contributed by atoms with Gasteiger partial charge < -0.3 is 10.1 Å². The van der Waals surface area contributed by atoms with Crippen LogP contribution in [0.5, 0.6) is 5.75 Å². The van der Waals surface area contributed by atoms with E-state index in [2.05, 4.69) is 10.3 Å². The van der Waals surface area contributed by atoms with Crippen LogP contribution in [0.2, 0.25) is 0 Å². The van der Waals surface area contributed by atoms with Crippen molar-refractivity contribution in [1.82, 2.24) is 4.98 Å². The second-order valence-electron chi connectivity index (χ2n) is 5.29. The summed E-state index contributed by atoms with van der Waals surface area (Å²) in [5.41, 5.74) is 2.57. The number of anilines is 1. The van der Waals surface area contributed by atoms with Gasteiger partial charge in [0, 0.05) is 18.0 Å². The summed E-state index contributed by atoms with van der Waals surface area (Å²) < 4.78 is 5.72. The smallest absolute Gasteiger partial charge is 0.265 e. The Morgan fingerprint density at radius 3 is 2.86 bits per heavy atom. The predicted octanol–water partition coefficient (Wildman–Crippen LogP) is 3.18. The van der Waals surface area contributed by atoms with Crippen LogP contribution in [0, 0.1) is 0 Å². The Labute approximate surface area is 127 Å². The van der Waals surface area contributed by atoms with Gasteiger partial charge in [0.25, 0.3) is 5.91 Å². The molecule has 0 spiro atoms. The maximum atomic E-state index is 12.5. The van der Waals surface area contributed by atoms with Crippen molar-refractivity contribution in [3.8, 4) is 5.75 Å². The minimum atomic E-state index is -0.489. The first-order valence-electron chi connectivity index (χ1n) is 7.20. The van der Waals surface area contributed by atoms with Crippen LogP contribution in [-0.2, 0) is 11.2 Å². The van der Waals surface area contributed by atoms with Crippen molar-refractivity contribution in [3.63, 3.8) is 0 Å². The zero-order valence-electron chi connectivity index (χ0n) is 11.8. The summed E-state index contributed by atoms with van der Waals surface area (Å²) >= 11 is 0. The van der Waals surface area contributed by atoms with Crippen LogP contribution in [0.25, 0.3) is 10.9 Å². The Morgan fingerprint density at radius 1 is 1.09 bits per heavy atom. The molecule has 1 aromatic heterocycles. The molecule has 108 valence electrons. The zero-order chi connectivity index (χ0) is 14.9. The fourth-order valence-corrected chi connectivity index (χ4v) is 2.75. The molecule has 2 heterocycles. The molecule has 1 aliphatic heterocycles. The highest BCUT2D eigenvalue weighted by Crippen LogP contribution is 2.29. The van der Waals surface area contributed by atoms with Crippen LogP contribution in [0.3, 0.4) is 0 Å². The van der Waals surface area contributed by atoms with Gasteiger partial charge in [-0.1, -0.05) is 36.4 Å². The Hall–Kier alpha value is -2.88. The molecule has 2 aromatic carbocycles. The van der Waals surface area contributed by atoms with E-state index in [4.69, 9.17) is 4.74 Å². The zero-order valence-corrected chi connectivity index (χ0v) is 11.8. The minimum Gasteiger partial charge on any atom is -0.480 e. The summed E-state index contributed by atoms with van der Waals surface area (Å²) in [7, 11) is 0. The van der Waals surface area contributed by atoms with Crippen LogP contribution < -0.4 is 10.1 Å². The van der Waals surface area contributed by atoms with E-state index < -0.39 is 6.10 Å². The van der Waals surface area contributed by atoms with Gasteiger partial charge in [0.2, 0.25) is 0 Å². The number of amides is 1. The summed E-state index contributed by atoms with van der Waals surface area (Å²) in [5, 5.41) is 3.93. The molecule has 22 heavy (non-hydrogen) atoms. The van der Waals surface area contributed by atoms with Crippen molar-refractivity contribution in [2.75, 3.05) is 5.32 Å². The molecule has 0 unspecified atom stereocenters. The number of hydrogen-bond acceptors (Lipinski definition) is 3. The van der Waals surface area contributed by atoms with Gasteiger partial charge in [-0.3, -0.25) is 9.78 Å². The van der Waals surface area contributed by atoms with Crippen molar-refractivity contribution in [3.05, 3.63) is 66.4 Å². The maximum absolute atomic E-state index is 12.5. The van der Waals surface area contributed by atoms with Crippen LogP contribution in [-0.4, -0.2) is 17.0 Å². The van der Waals surface area contributed by atoms with Gasteiger partial charge in [-0.05, 0) is 23.8 Å². The van der Waals surface area contributed by atoms with E-state index in [-0.39, 0.29) is 5.91 Å². The van der Waals surface area contributed by atoms with E-state index in [0.717, 1.165) is 22.2 Å². The molecule has 0 radical (unpaired) electrons. The fourth-order valence-electron chi connectivity index (χ4n) is 2.75. The summed E-state index contributed by atoms with van der Waals surface area (Å²) in [6, 6.07) is 17.3. The van der Waals surface area contributed by atoms with Gasteiger partial charge in [0.1, 0.15) is 5.75 Å². The molecule has 0 aliphatic carbocycles. The molecule has 4 heteroatoms. The SMILES string of the molecule is O=C(Nc1cccc2cccnc12)[C@H]1Cc2ccccc2O1. The van der Waals surface area contributed by atoms with Crippen LogP contribution in [0.4, 0.5) is 5.69 Å². The monoisotopic (exact) mass is 290 g/mol. The van der Waals surface area contributed by atoms with Gasteiger partial charge in [-0.15, -0.1) is 0 Å². The third kappa shape index (κ3) is 2.19. The number of carbonyl (C=O) groups excluding carboxylic acids is 1. The lowest BCUT2D eigenvalue weighted by Gasteiger charge is -2.12. The maximum Gasteiger partial charge on any atom is 0.265 e. The first-order chi connectivity index (χ1) is 10.8. The summed E-state index contributed by atoms with van der Waals surface area (Å²) in [4.78, 5) is 16.8. The van der Waals surface area contributed by atoms with Gasteiger partial charge in [0.15, 0.2) is 6.10 Å². The normalized spacial score (nSPS) is 16.1. The Bertz CT molecular complexity index is 830. The van der Waals surface area contributed by atoms with Gasteiger partial charge in [0.05, 0.1) is 11.2 Å². The van der Waals surface area contributed by atoms with Crippen molar-refractivity contribution in [2.24, 2.45) is 0 Å². The number of nitrogens with one attached hydrogen (secondary N) is 1. The average molecular weight is 290 g/mol. The second-order valence-corrected chi connectivity index (χ2v) is 5.29. The molecule has 0 saturated carbocycles. The van der Waals surface area contributed by atoms with E-state index in [9.17, 15) is 4.79 Å². The standard InChI is InChI=1S/C18H14N2O2/c21-18(16-11-13-5-1-2-9-15(13)22-16)20-14-8-3-6-12-7-4-10-19-17(12)14/h1-10,16H,11H2,(H,20,21)/t16-/m1/s1. The Balaban J connectivity index is 1.58. The number of rotatable bonds is 2. The molecule has 0 saturated heterocycles. The topological polar surface area (TPSA) is 51.2 Å². The van der Waals surface area contributed by atoms with Crippen LogP contribution in [0.1, 0.15) is 5.56 Å². The first-order valence-corrected chi connectivity index (χ1v) is 7.20. The van der Waals surface area contributed by atoms with Crippen molar-refractivity contribution >= 4 is 22.5 Å². The highest BCUT2D eigenvalue weighted by molar-refractivity contribution is 6.02. The largest absolute Gasteiger partial charge is 0.480 e. The van der Waals surface area contributed by atoms with Gasteiger partial charge >= 0.3 is 0 Å². The highest BCUT2D eigenvalue weighted by Gasteiger charge is 2.29. The van der Waals surface area contributed by atoms with Crippen molar-refractivity contribution < 1.29 is 9.53 Å². The predicted molar refractivity (Wildman–Crippen MR) is 84.9 cm³/mol. The number of carbonyl (C=O) groups is 1. The summed E-state index contributed by atoms with van der Waals surface area (Å²) in [5.74, 6) is 0.646. The lowest BCUT2D eigenvalue weighted by molar-refractivity contribution is -0.122. The molecule has 1 amide bonds. The lowest BCUT2D eigenvalue weighted by Crippen LogP contribution is -2.31. The Kier molecular flexibility index (Phi) is 3.00. The fraction of sp³-hybridized carbons (Fsp3) is 0.111. The van der Waals surface area contributed by atoms with E-state index in [1.54, 1.807) is 6.20 Å². The summed E-state index contributed by atoms with van der Waals surface area (Å²) in [6.45, 7) is 0. The van der Waals surface area contributed by atoms with Crippen LogP contribution in [0.15, 0.2) is 60.8 Å². The number of fused-ring (bicyclic) bond motifs is 2. The van der Waals surface area contributed by atoms with E-state index in [1.165, 1.54) is 0 Å². The summed E-state index contributed by atoms with van der Waals surface area (Å²) in [6.07, 6.45) is 1.83. The number of hydrogen-bond donors (Lipinski definition) is 1. The van der Waals surface area contributed by atoms with Crippen molar-refractivity contribution in [1.29, 1.82) is 0 Å². The molecule has 1 N–H and O–H groups in total. The van der Waals surface area contributed by atoms with Gasteiger partial charge in [-0.2, -0.15) is 0 Å². The molecular formula is C18H14N2O2. The van der Waals surface area contributed by atoms with E-state index >= 15 is 0 Å². The second kappa shape index (κ2) is 5.15. The molecule has 4 rings (SSSR count). The molecule has 0 fully saturated rings. The van der Waals surface area contributed by atoms with E-state index in [1.807, 2.05) is 54.6 Å². The number of benzene rings is 2. The quantitative estimate of drug-likeness (QED) is 0.788. The number of ether oxygens (including phenoxy) is 1. The molecular weight excluding hydrogens is 276 g/mol. The molecule has 3 aromatic rings. The third-order valence-electron chi connectivity index (χ3n) is 3.83. The van der Waals surface area contributed by atoms with Gasteiger partial charge in [-0.25, -0.2) is 0 Å². The van der Waals surface area contributed by atoms with Crippen molar-refractivity contribution in [2.45, 2.75) is 12.5 Å². The number of nitrogens with zero attached hydrogens (tertiary/aromatic N) is 1. The molecule has 1 aliphatic rings. The minimum absolute atomic E-state index is 0.144. The third-order valence-corrected chi connectivity index (χ3v) is 3.83. The molecule has 4 nitrogen and oxygen atoms in total. The number of aromatic nitrogens is 1. The number of pyridine rings is 1. The molecule has 0 bridgehead atoms. The van der Waals surface area contributed by atoms with E-state index in [0.29, 0.717) is 12.1 Å². The number of para-hydroxylation sites is 2. The Morgan fingerprint density at radius 2 is 1.95 bits per heavy atom.